The monoisotopic (exact) mass is 248 g/mol. The van der Waals surface area contributed by atoms with Crippen LogP contribution in [0.5, 0.6) is 11.5 Å². The van der Waals surface area contributed by atoms with Crippen LogP contribution in [0.4, 0.5) is 0 Å². The molecule has 0 aliphatic heterocycles. The summed E-state index contributed by atoms with van der Waals surface area (Å²) in [4.78, 5) is 0. The van der Waals surface area contributed by atoms with E-state index in [-0.39, 0.29) is 6.04 Å². The topological polar surface area (TPSA) is 56.5 Å². The van der Waals surface area contributed by atoms with E-state index >= 15 is 0 Å². The zero-order valence-corrected chi connectivity index (χ0v) is 11.1. The molecule has 18 heavy (non-hydrogen) atoms. The number of methoxy groups -OCH3 is 2. The van der Waals surface area contributed by atoms with Gasteiger partial charge in [0.1, 0.15) is 11.5 Å². The van der Waals surface area contributed by atoms with Gasteiger partial charge in [-0.25, -0.2) is 0 Å². The molecule has 1 atom stereocenters. The van der Waals surface area contributed by atoms with Crippen LogP contribution in [0.1, 0.15) is 31.4 Å². The average molecular weight is 248 g/mol. The Morgan fingerprint density at radius 3 is 2.67 bits per heavy atom. The molecule has 0 saturated carbocycles. The van der Waals surface area contributed by atoms with Gasteiger partial charge in [0.05, 0.1) is 20.3 Å². The average Bonchev–Trinajstić information content (AvgIpc) is 2.43. The number of benzene rings is 1. The van der Waals surface area contributed by atoms with E-state index in [9.17, 15) is 0 Å². The molecule has 0 amide bonds. The Bertz CT molecular complexity index is 435. The van der Waals surface area contributed by atoms with Gasteiger partial charge in [0, 0.05) is 18.1 Å². The largest absolute Gasteiger partial charge is 0.497 e. The molecule has 3 N–H and O–H groups in total. The number of rotatable bonds is 6. The van der Waals surface area contributed by atoms with Gasteiger partial charge >= 0.3 is 0 Å². The van der Waals surface area contributed by atoms with E-state index in [0.29, 0.717) is 0 Å². The lowest BCUT2D eigenvalue weighted by Gasteiger charge is -2.18. The number of nitrogens with two attached hydrogens (primary N) is 1. The fourth-order valence-electron chi connectivity index (χ4n) is 1.78. The molecule has 1 aromatic rings. The molecular formula is C14H20N2O2. The summed E-state index contributed by atoms with van der Waals surface area (Å²) in [5.74, 6) is 13.0. The third kappa shape index (κ3) is 3.66. The Morgan fingerprint density at radius 1 is 1.33 bits per heavy atom. The van der Waals surface area contributed by atoms with Crippen molar-refractivity contribution in [2.24, 2.45) is 5.84 Å². The van der Waals surface area contributed by atoms with E-state index in [1.165, 1.54) is 0 Å². The van der Waals surface area contributed by atoms with Crippen LogP contribution >= 0.6 is 0 Å². The predicted octanol–water partition coefficient (Wildman–Crippen LogP) is 2.01. The molecule has 0 aromatic heterocycles. The van der Waals surface area contributed by atoms with E-state index in [1.807, 2.05) is 25.1 Å². The minimum absolute atomic E-state index is 0.0201. The van der Waals surface area contributed by atoms with E-state index in [1.54, 1.807) is 14.2 Å². The smallest absolute Gasteiger partial charge is 0.127 e. The minimum atomic E-state index is 0.0201. The lowest BCUT2D eigenvalue weighted by Crippen LogP contribution is -2.28. The maximum absolute atomic E-state index is 5.60. The van der Waals surface area contributed by atoms with Crippen LogP contribution in [0.2, 0.25) is 0 Å². The van der Waals surface area contributed by atoms with Gasteiger partial charge in [0.15, 0.2) is 0 Å². The van der Waals surface area contributed by atoms with Gasteiger partial charge in [0.2, 0.25) is 0 Å². The summed E-state index contributed by atoms with van der Waals surface area (Å²) >= 11 is 0. The predicted molar refractivity (Wildman–Crippen MR) is 72.3 cm³/mol. The van der Waals surface area contributed by atoms with Gasteiger partial charge in [0.25, 0.3) is 0 Å². The Hall–Kier alpha value is -1.70. The number of hydrogen-bond donors (Lipinski definition) is 2. The normalized spacial score (nSPS) is 11.3. The van der Waals surface area contributed by atoms with Gasteiger partial charge < -0.3 is 9.47 Å². The Balaban J connectivity index is 2.92. The zero-order valence-electron chi connectivity index (χ0n) is 11.1. The van der Waals surface area contributed by atoms with Gasteiger partial charge in [-0.2, -0.15) is 0 Å². The molecule has 1 rings (SSSR count). The summed E-state index contributed by atoms with van der Waals surface area (Å²) in [6, 6.07) is 5.73. The summed E-state index contributed by atoms with van der Waals surface area (Å²) < 4.78 is 10.5. The van der Waals surface area contributed by atoms with Crippen molar-refractivity contribution in [3.63, 3.8) is 0 Å². The number of nitrogens with one attached hydrogen (secondary N) is 1. The van der Waals surface area contributed by atoms with Crippen LogP contribution in [-0.2, 0) is 0 Å². The third-order valence-corrected chi connectivity index (χ3v) is 2.75. The lowest BCUT2D eigenvalue weighted by atomic mass is 10.0. The molecule has 4 heteroatoms. The number of hydrogen-bond acceptors (Lipinski definition) is 4. The van der Waals surface area contributed by atoms with Crippen molar-refractivity contribution in [2.75, 3.05) is 14.2 Å². The molecule has 0 aliphatic carbocycles. The van der Waals surface area contributed by atoms with E-state index in [0.717, 1.165) is 29.9 Å². The summed E-state index contributed by atoms with van der Waals surface area (Å²) in [7, 11) is 3.27. The fraction of sp³-hybridized carbons (Fsp3) is 0.429. The van der Waals surface area contributed by atoms with Crippen molar-refractivity contribution in [3.8, 4) is 23.3 Å². The van der Waals surface area contributed by atoms with Crippen molar-refractivity contribution in [2.45, 2.75) is 25.8 Å². The molecule has 0 saturated heterocycles. The molecule has 98 valence electrons. The first-order chi connectivity index (χ1) is 8.76. The minimum Gasteiger partial charge on any atom is -0.497 e. The summed E-state index contributed by atoms with van der Waals surface area (Å²) in [5.41, 5.74) is 3.81. The van der Waals surface area contributed by atoms with Crippen molar-refractivity contribution in [1.29, 1.82) is 0 Å². The van der Waals surface area contributed by atoms with Crippen LogP contribution in [0.25, 0.3) is 0 Å². The summed E-state index contributed by atoms with van der Waals surface area (Å²) in [6.07, 6.45) is 1.63. The highest BCUT2D eigenvalue weighted by atomic mass is 16.5. The summed E-state index contributed by atoms with van der Waals surface area (Å²) in [6.45, 7) is 1.83. The van der Waals surface area contributed by atoms with E-state index in [2.05, 4.69) is 17.3 Å². The standard InChI is InChI=1S/C14H20N2O2/c1-4-5-6-7-13(16-15)12-9-8-11(17-2)10-14(12)18-3/h8-10,13,16H,6-7,15H2,1-3H3. The van der Waals surface area contributed by atoms with Crippen molar-refractivity contribution >= 4 is 0 Å². The SMILES string of the molecule is CC#CCCC(NN)c1ccc(OC)cc1OC. The zero-order chi connectivity index (χ0) is 13.4. The van der Waals surface area contributed by atoms with Gasteiger partial charge in [-0.05, 0) is 19.4 Å². The van der Waals surface area contributed by atoms with Crippen molar-refractivity contribution in [3.05, 3.63) is 23.8 Å². The second-order valence-corrected chi connectivity index (χ2v) is 3.79. The first-order valence-corrected chi connectivity index (χ1v) is 5.84. The number of ether oxygens (including phenoxy) is 2. The number of hydrazine groups is 1. The highest BCUT2D eigenvalue weighted by Gasteiger charge is 2.14. The molecule has 0 fully saturated rings. The molecule has 0 aliphatic rings. The molecule has 0 radical (unpaired) electrons. The molecule has 1 aromatic carbocycles. The first kappa shape index (κ1) is 14.4. The van der Waals surface area contributed by atoms with Crippen LogP contribution in [0, 0.1) is 11.8 Å². The van der Waals surface area contributed by atoms with Crippen LogP contribution in [0.15, 0.2) is 18.2 Å². The molecule has 1 unspecified atom stereocenters. The Labute approximate surface area is 108 Å². The molecule has 4 nitrogen and oxygen atoms in total. The van der Waals surface area contributed by atoms with Crippen molar-refractivity contribution < 1.29 is 9.47 Å². The molecule has 0 heterocycles. The maximum atomic E-state index is 5.60. The van der Waals surface area contributed by atoms with Crippen LogP contribution < -0.4 is 20.7 Å². The molecule has 0 spiro atoms. The van der Waals surface area contributed by atoms with Crippen LogP contribution in [0.3, 0.4) is 0 Å². The second kappa shape index (κ2) is 7.59. The van der Waals surface area contributed by atoms with Gasteiger partial charge in [-0.3, -0.25) is 11.3 Å². The molecule has 0 bridgehead atoms. The fourth-order valence-corrected chi connectivity index (χ4v) is 1.78. The highest BCUT2D eigenvalue weighted by molar-refractivity contribution is 5.42. The first-order valence-electron chi connectivity index (χ1n) is 5.84. The Morgan fingerprint density at radius 2 is 2.11 bits per heavy atom. The second-order valence-electron chi connectivity index (χ2n) is 3.79. The van der Waals surface area contributed by atoms with Crippen LogP contribution in [-0.4, -0.2) is 14.2 Å². The van der Waals surface area contributed by atoms with Gasteiger partial charge in [-0.15, -0.1) is 11.8 Å². The van der Waals surface area contributed by atoms with E-state index < -0.39 is 0 Å². The Kier molecular flexibility index (Phi) is 6.06. The third-order valence-electron chi connectivity index (χ3n) is 2.75. The van der Waals surface area contributed by atoms with E-state index in [4.69, 9.17) is 15.3 Å². The lowest BCUT2D eigenvalue weighted by molar-refractivity contribution is 0.382. The molecular weight excluding hydrogens is 228 g/mol. The quantitative estimate of drug-likeness (QED) is 0.459. The highest BCUT2D eigenvalue weighted by Crippen LogP contribution is 2.31. The van der Waals surface area contributed by atoms with Crippen molar-refractivity contribution in [1.82, 2.24) is 5.43 Å². The van der Waals surface area contributed by atoms with Gasteiger partial charge in [-0.1, -0.05) is 6.07 Å². The summed E-state index contributed by atoms with van der Waals surface area (Å²) in [5, 5.41) is 0. The maximum Gasteiger partial charge on any atom is 0.127 e.